The Kier molecular flexibility index (Phi) is 8.23. The Labute approximate surface area is 223 Å². The van der Waals surface area contributed by atoms with Gasteiger partial charge < -0.3 is 14.6 Å². The summed E-state index contributed by atoms with van der Waals surface area (Å²) in [6, 6.07) is 18.3. The van der Waals surface area contributed by atoms with Crippen molar-refractivity contribution in [2.75, 3.05) is 32.8 Å². The lowest BCUT2D eigenvalue weighted by Crippen LogP contribution is -2.48. The van der Waals surface area contributed by atoms with Crippen molar-refractivity contribution in [2.24, 2.45) is 5.41 Å². The number of nitrogens with zero attached hydrogens (tertiary/aromatic N) is 2. The monoisotopic (exact) mass is 517 g/mol. The molecule has 38 heavy (non-hydrogen) atoms. The van der Waals surface area contributed by atoms with E-state index in [0.29, 0.717) is 43.9 Å². The molecule has 1 amide bonds. The third-order valence-electron chi connectivity index (χ3n) is 8.09. The van der Waals surface area contributed by atoms with Gasteiger partial charge in [0, 0.05) is 56.1 Å². The van der Waals surface area contributed by atoms with E-state index in [0.717, 1.165) is 50.8 Å². The molecule has 1 saturated heterocycles. The molecule has 3 aromatic rings. The first-order chi connectivity index (χ1) is 18.5. The zero-order valence-corrected chi connectivity index (χ0v) is 21.8. The molecule has 7 heteroatoms. The smallest absolute Gasteiger partial charge is 0.254 e. The Morgan fingerprint density at radius 3 is 2.58 bits per heavy atom. The Morgan fingerprint density at radius 1 is 0.974 bits per heavy atom. The van der Waals surface area contributed by atoms with E-state index in [1.54, 1.807) is 12.1 Å². The molecular formula is C31H36FN3O3. The second-order valence-corrected chi connectivity index (χ2v) is 10.7. The molecule has 2 aliphatic heterocycles. The van der Waals surface area contributed by atoms with E-state index in [1.165, 1.54) is 23.9 Å². The number of para-hydroxylation sites is 1. The summed E-state index contributed by atoms with van der Waals surface area (Å²) in [6.45, 7) is 3.89. The van der Waals surface area contributed by atoms with Gasteiger partial charge >= 0.3 is 0 Å². The van der Waals surface area contributed by atoms with Crippen LogP contribution < -0.4 is 10.3 Å². The van der Waals surface area contributed by atoms with Crippen LogP contribution in [0.5, 0.6) is 5.75 Å². The standard InChI is InChI=1S/C31H36FN3O3/c32-27-10-3-1-9-26(27)22-34-19-20-38-28-11-4-2-7-24(28)8-5-6-13-31(23-34)14-17-35(18-15-31)30(37)25-12-16-33-29(36)21-25/h1-4,7,9-12,16,21H,5-6,8,13-15,17-20,22-23H2,(H,33,36). The lowest BCUT2D eigenvalue weighted by molar-refractivity contribution is 0.0358. The van der Waals surface area contributed by atoms with Crippen molar-refractivity contribution in [1.82, 2.24) is 14.8 Å². The van der Waals surface area contributed by atoms with Crippen LogP contribution in [0.25, 0.3) is 0 Å². The molecule has 0 saturated carbocycles. The maximum Gasteiger partial charge on any atom is 0.254 e. The number of piperidine rings is 1. The van der Waals surface area contributed by atoms with E-state index < -0.39 is 0 Å². The van der Waals surface area contributed by atoms with Crippen molar-refractivity contribution < 1.29 is 13.9 Å². The highest BCUT2D eigenvalue weighted by molar-refractivity contribution is 5.94. The summed E-state index contributed by atoms with van der Waals surface area (Å²) in [5.74, 6) is 0.671. The normalized spacial score (nSPS) is 18.6. The number of nitrogens with one attached hydrogen (secondary N) is 1. The first kappa shape index (κ1) is 26.2. The number of amides is 1. The molecule has 1 N–H and O–H groups in total. The van der Waals surface area contributed by atoms with Crippen LogP contribution in [0, 0.1) is 11.2 Å². The Bertz CT molecular complexity index is 1300. The molecule has 6 nitrogen and oxygen atoms in total. The molecule has 2 aromatic carbocycles. The van der Waals surface area contributed by atoms with Gasteiger partial charge in [0.25, 0.3) is 5.91 Å². The predicted octanol–water partition coefficient (Wildman–Crippen LogP) is 5.04. The number of carbonyl (C=O) groups excluding carboxylic acids is 1. The number of likely N-dealkylation sites (tertiary alicyclic amines) is 1. The van der Waals surface area contributed by atoms with E-state index in [1.807, 2.05) is 29.2 Å². The highest BCUT2D eigenvalue weighted by Gasteiger charge is 2.37. The lowest BCUT2D eigenvalue weighted by Gasteiger charge is -2.45. The molecule has 2 aliphatic rings. The number of hydrogen-bond donors (Lipinski definition) is 1. The van der Waals surface area contributed by atoms with Gasteiger partial charge in [0.15, 0.2) is 0 Å². The van der Waals surface area contributed by atoms with Crippen LogP contribution in [0.3, 0.4) is 0 Å². The topological polar surface area (TPSA) is 65.6 Å². The van der Waals surface area contributed by atoms with Gasteiger partial charge in [-0.1, -0.05) is 42.8 Å². The van der Waals surface area contributed by atoms with E-state index in [9.17, 15) is 14.0 Å². The summed E-state index contributed by atoms with van der Waals surface area (Å²) >= 11 is 0. The predicted molar refractivity (Wildman–Crippen MR) is 146 cm³/mol. The Balaban J connectivity index is 1.34. The van der Waals surface area contributed by atoms with Crippen LogP contribution in [0.1, 0.15) is 53.6 Å². The van der Waals surface area contributed by atoms with Gasteiger partial charge in [-0.2, -0.15) is 0 Å². The molecule has 0 atom stereocenters. The highest BCUT2D eigenvalue weighted by Crippen LogP contribution is 2.39. The number of fused-ring (bicyclic) bond motifs is 1. The van der Waals surface area contributed by atoms with Crippen molar-refractivity contribution in [3.63, 3.8) is 0 Å². The quantitative estimate of drug-likeness (QED) is 0.529. The molecule has 0 radical (unpaired) electrons. The average Bonchev–Trinajstić information content (AvgIpc) is 2.92. The fourth-order valence-electron chi connectivity index (χ4n) is 5.94. The molecule has 1 spiro atoms. The Morgan fingerprint density at radius 2 is 1.76 bits per heavy atom. The van der Waals surface area contributed by atoms with Gasteiger partial charge in [0.2, 0.25) is 5.56 Å². The van der Waals surface area contributed by atoms with E-state index in [-0.39, 0.29) is 22.7 Å². The highest BCUT2D eigenvalue weighted by atomic mass is 19.1. The summed E-state index contributed by atoms with van der Waals surface area (Å²) in [5, 5.41) is 0. The number of rotatable bonds is 3. The minimum absolute atomic E-state index is 0.0366. The molecule has 0 unspecified atom stereocenters. The molecule has 0 aliphatic carbocycles. The number of aromatic nitrogens is 1. The minimum atomic E-state index is -0.267. The van der Waals surface area contributed by atoms with Gasteiger partial charge in [-0.3, -0.25) is 14.5 Å². The van der Waals surface area contributed by atoms with E-state index >= 15 is 0 Å². The second kappa shape index (κ2) is 11.9. The largest absolute Gasteiger partial charge is 0.492 e. The number of benzene rings is 2. The maximum atomic E-state index is 14.6. The summed E-state index contributed by atoms with van der Waals surface area (Å²) in [5.41, 5.74) is 2.13. The number of H-pyrrole nitrogens is 1. The number of carbonyl (C=O) groups is 1. The number of aryl methyl sites for hydroxylation is 1. The Hall–Kier alpha value is -3.45. The average molecular weight is 518 g/mol. The first-order valence-electron chi connectivity index (χ1n) is 13.7. The van der Waals surface area contributed by atoms with Crippen LogP contribution in [0.15, 0.2) is 71.7 Å². The maximum absolute atomic E-state index is 14.6. The molecule has 0 bridgehead atoms. The van der Waals surface area contributed by atoms with Crippen LogP contribution in [0.2, 0.25) is 0 Å². The first-order valence-corrected chi connectivity index (χ1v) is 13.7. The summed E-state index contributed by atoms with van der Waals surface area (Å²) in [6.07, 6.45) is 7.50. The van der Waals surface area contributed by atoms with Gasteiger partial charge in [0.1, 0.15) is 18.2 Å². The van der Waals surface area contributed by atoms with Crippen LogP contribution in [0.4, 0.5) is 4.39 Å². The number of aromatic amines is 1. The number of hydrogen-bond acceptors (Lipinski definition) is 4. The molecule has 5 rings (SSSR count). The lowest BCUT2D eigenvalue weighted by atomic mass is 9.73. The SMILES string of the molecule is O=C(c1cc[nH]c(=O)c1)N1CCC2(CCCCc3ccccc3OCCN(Cc3ccccc3F)C2)CC1. The van der Waals surface area contributed by atoms with Gasteiger partial charge in [-0.05, 0) is 61.3 Å². The molecule has 1 fully saturated rings. The molecular weight excluding hydrogens is 481 g/mol. The van der Waals surface area contributed by atoms with E-state index in [2.05, 4.69) is 22.0 Å². The van der Waals surface area contributed by atoms with Crippen LogP contribution in [-0.2, 0) is 13.0 Å². The zero-order valence-electron chi connectivity index (χ0n) is 21.8. The summed E-state index contributed by atoms with van der Waals surface area (Å²) in [7, 11) is 0. The number of pyridine rings is 1. The number of halogens is 1. The molecule has 1 aromatic heterocycles. The summed E-state index contributed by atoms with van der Waals surface area (Å²) < 4.78 is 20.8. The second-order valence-electron chi connectivity index (χ2n) is 10.7. The third kappa shape index (κ3) is 6.33. The van der Waals surface area contributed by atoms with Crippen LogP contribution >= 0.6 is 0 Å². The van der Waals surface area contributed by atoms with Gasteiger partial charge in [0.05, 0.1) is 0 Å². The molecule has 3 heterocycles. The minimum Gasteiger partial charge on any atom is -0.492 e. The van der Waals surface area contributed by atoms with Crippen molar-refractivity contribution in [2.45, 2.75) is 45.1 Å². The fraction of sp³-hybridized carbons (Fsp3) is 0.419. The molecule has 200 valence electrons. The van der Waals surface area contributed by atoms with Crippen molar-refractivity contribution in [3.05, 3.63) is 99.7 Å². The third-order valence-corrected chi connectivity index (χ3v) is 8.09. The zero-order chi connectivity index (χ0) is 26.4. The van der Waals surface area contributed by atoms with Gasteiger partial charge in [-0.15, -0.1) is 0 Å². The number of ether oxygens (including phenoxy) is 1. The van der Waals surface area contributed by atoms with Crippen molar-refractivity contribution >= 4 is 5.91 Å². The fourth-order valence-corrected chi connectivity index (χ4v) is 5.94. The summed E-state index contributed by atoms with van der Waals surface area (Å²) in [4.78, 5) is 31.6. The van der Waals surface area contributed by atoms with Crippen LogP contribution in [-0.4, -0.2) is 53.5 Å². The van der Waals surface area contributed by atoms with Gasteiger partial charge in [-0.25, -0.2) is 4.39 Å². The van der Waals surface area contributed by atoms with E-state index in [4.69, 9.17) is 4.74 Å². The van der Waals surface area contributed by atoms with Crippen molar-refractivity contribution in [1.29, 1.82) is 0 Å². The van der Waals surface area contributed by atoms with Crippen molar-refractivity contribution in [3.8, 4) is 5.75 Å².